The molecule has 0 atom stereocenters. The van der Waals surface area contributed by atoms with Gasteiger partial charge in [-0.1, -0.05) is 11.6 Å². The number of rotatable bonds is 7. The van der Waals surface area contributed by atoms with E-state index in [9.17, 15) is 9.59 Å². The molecule has 1 aliphatic carbocycles. The second-order valence-corrected chi connectivity index (χ2v) is 7.53. The molecular formula is C22H25N3O4. The summed E-state index contributed by atoms with van der Waals surface area (Å²) in [7, 11) is 0. The van der Waals surface area contributed by atoms with Crippen molar-refractivity contribution in [2.24, 2.45) is 0 Å². The molecule has 0 aromatic carbocycles. The average molecular weight is 395 g/mol. The fourth-order valence-corrected chi connectivity index (χ4v) is 3.94. The summed E-state index contributed by atoms with van der Waals surface area (Å²) < 4.78 is 13.5. The Morgan fingerprint density at radius 3 is 2.86 bits per heavy atom. The van der Waals surface area contributed by atoms with Crippen LogP contribution in [0.5, 0.6) is 0 Å². The molecule has 7 nitrogen and oxygen atoms in total. The molecule has 0 saturated heterocycles. The van der Waals surface area contributed by atoms with Crippen LogP contribution in [0.1, 0.15) is 53.8 Å². The lowest BCUT2D eigenvalue weighted by atomic mass is 9.97. The van der Waals surface area contributed by atoms with Gasteiger partial charge in [0.1, 0.15) is 6.54 Å². The molecule has 29 heavy (non-hydrogen) atoms. The van der Waals surface area contributed by atoms with Gasteiger partial charge in [0.15, 0.2) is 11.5 Å². The summed E-state index contributed by atoms with van der Waals surface area (Å²) in [5.74, 6) is -0.423. The smallest absolute Gasteiger partial charge is 0.437 e. The predicted molar refractivity (Wildman–Crippen MR) is 108 cm³/mol. The molecule has 1 aliphatic rings. The minimum Gasteiger partial charge on any atom is -0.459 e. The molecule has 0 radical (unpaired) electrons. The van der Waals surface area contributed by atoms with Crippen molar-refractivity contribution in [1.82, 2.24) is 14.3 Å². The van der Waals surface area contributed by atoms with Gasteiger partial charge in [-0.3, -0.25) is 4.79 Å². The summed E-state index contributed by atoms with van der Waals surface area (Å²) in [6.07, 6.45) is 9.75. The van der Waals surface area contributed by atoms with Gasteiger partial charge in [0, 0.05) is 23.5 Å². The minimum atomic E-state index is -0.678. The molecule has 3 aromatic rings. The first-order chi connectivity index (χ1) is 14.0. The summed E-state index contributed by atoms with van der Waals surface area (Å²) >= 11 is 0. The van der Waals surface area contributed by atoms with Crippen molar-refractivity contribution < 1.29 is 13.6 Å². The van der Waals surface area contributed by atoms with E-state index in [4.69, 9.17) is 8.83 Å². The van der Waals surface area contributed by atoms with Crippen molar-refractivity contribution in [2.45, 2.75) is 59.0 Å². The molecule has 152 valence electrons. The topological polar surface area (TPSA) is 83.2 Å². The van der Waals surface area contributed by atoms with E-state index >= 15 is 0 Å². The van der Waals surface area contributed by atoms with E-state index in [2.05, 4.69) is 15.7 Å². The molecule has 0 N–H and O–H groups in total. The SMILES string of the molecule is Cc1cc(C(=O)Cn2nc(-c3ccco3)oc2=O)c(C)n1CCC1=CCCCC1. The maximum absolute atomic E-state index is 12.9. The number of Topliss-reactive ketones (excluding diaryl/α,β-unsaturated/α-hetero) is 1. The number of ketones is 1. The number of hydrogen-bond acceptors (Lipinski definition) is 5. The van der Waals surface area contributed by atoms with E-state index in [1.165, 1.54) is 37.5 Å². The van der Waals surface area contributed by atoms with Gasteiger partial charge in [-0.25, -0.2) is 4.79 Å². The van der Waals surface area contributed by atoms with Crippen LogP contribution < -0.4 is 5.76 Å². The standard InChI is InChI=1S/C22H25N3O4/c1-15-13-18(16(2)24(15)11-10-17-7-4-3-5-8-17)19(26)14-25-22(27)29-21(23-25)20-9-6-12-28-20/h6-7,9,12-13H,3-5,8,10-11,14H2,1-2H3. The Morgan fingerprint density at radius 2 is 2.14 bits per heavy atom. The van der Waals surface area contributed by atoms with Crippen LogP contribution in [-0.2, 0) is 13.1 Å². The molecule has 7 heteroatoms. The van der Waals surface area contributed by atoms with Crippen molar-refractivity contribution in [3.8, 4) is 11.7 Å². The first-order valence-electron chi connectivity index (χ1n) is 10.0. The van der Waals surface area contributed by atoms with E-state index in [0.29, 0.717) is 11.3 Å². The number of nitrogens with zero attached hydrogens (tertiary/aromatic N) is 3. The fraction of sp³-hybridized carbons (Fsp3) is 0.409. The minimum absolute atomic E-state index is 0.0685. The second-order valence-electron chi connectivity index (χ2n) is 7.53. The first-order valence-corrected chi connectivity index (χ1v) is 10.0. The summed E-state index contributed by atoms with van der Waals surface area (Å²) in [6, 6.07) is 5.22. The van der Waals surface area contributed by atoms with Gasteiger partial charge < -0.3 is 13.4 Å². The summed E-state index contributed by atoms with van der Waals surface area (Å²) in [5.41, 5.74) is 4.10. The molecule has 0 aliphatic heterocycles. The Morgan fingerprint density at radius 1 is 1.28 bits per heavy atom. The van der Waals surface area contributed by atoms with Crippen molar-refractivity contribution in [3.05, 3.63) is 63.6 Å². The largest absolute Gasteiger partial charge is 0.459 e. The van der Waals surface area contributed by atoms with E-state index in [1.54, 1.807) is 12.1 Å². The van der Waals surface area contributed by atoms with Gasteiger partial charge in [0.2, 0.25) is 0 Å². The zero-order chi connectivity index (χ0) is 20.4. The Hall–Kier alpha value is -3.09. The second kappa shape index (κ2) is 8.11. The number of aryl methyl sites for hydroxylation is 1. The van der Waals surface area contributed by atoms with Crippen LogP contribution in [0, 0.1) is 13.8 Å². The van der Waals surface area contributed by atoms with E-state index in [1.807, 2.05) is 19.9 Å². The van der Waals surface area contributed by atoms with E-state index in [-0.39, 0.29) is 18.2 Å². The van der Waals surface area contributed by atoms with Gasteiger partial charge in [-0.15, -0.1) is 5.10 Å². The van der Waals surface area contributed by atoms with Crippen LogP contribution in [-0.4, -0.2) is 20.1 Å². The highest BCUT2D eigenvalue weighted by molar-refractivity contribution is 5.97. The molecule has 3 aromatic heterocycles. The Kier molecular flexibility index (Phi) is 5.38. The van der Waals surface area contributed by atoms with Crippen molar-refractivity contribution in [2.75, 3.05) is 0 Å². The Bertz CT molecular complexity index is 1100. The lowest BCUT2D eigenvalue weighted by Gasteiger charge is -2.15. The van der Waals surface area contributed by atoms with Crippen molar-refractivity contribution in [3.63, 3.8) is 0 Å². The van der Waals surface area contributed by atoms with Gasteiger partial charge >= 0.3 is 5.76 Å². The van der Waals surface area contributed by atoms with Crippen LogP contribution in [0.3, 0.4) is 0 Å². The van der Waals surface area contributed by atoms with Crippen LogP contribution in [0.25, 0.3) is 11.7 Å². The fourth-order valence-electron chi connectivity index (χ4n) is 3.94. The third-order valence-corrected chi connectivity index (χ3v) is 5.55. The third-order valence-electron chi connectivity index (χ3n) is 5.55. The van der Waals surface area contributed by atoms with Gasteiger partial charge in [0.25, 0.3) is 5.89 Å². The van der Waals surface area contributed by atoms with E-state index < -0.39 is 5.76 Å². The monoisotopic (exact) mass is 395 g/mol. The summed E-state index contributed by atoms with van der Waals surface area (Å²) in [4.78, 5) is 24.9. The van der Waals surface area contributed by atoms with Gasteiger partial charge in [-0.2, -0.15) is 4.68 Å². The van der Waals surface area contributed by atoms with Crippen LogP contribution in [0.15, 0.2) is 49.7 Å². The van der Waals surface area contributed by atoms with Gasteiger partial charge in [0.05, 0.1) is 6.26 Å². The first kappa shape index (κ1) is 19.2. The van der Waals surface area contributed by atoms with Crippen LogP contribution in [0.4, 0.5) is 0 Å². The summed E-state index contributed by atoms with van der Waals surface area (Å²) in [6.45, 7) is 4.66. The van der Waals surface area contributed by atoms with Crippen LogP contribution in [0.2, 0.25) is 0 Å². The molecule has 0 amide bonds. The Balaban J connectivity index is 1.49. The molecular weight excluding hydrogens is 370 g/mol. The zero-order valence-corrected chi connectivity index (χ0v) is 16.8. The molecule has 0 spiro atoms. The molecule has 4 rings (SSSR count). The number of carbonyl (C=O) groups is 1. The summed E-state index contributed by atoms with van der Waals surface area (Å²) in [5, 5.41) is 4.08. The third kappa shape index (κ3) is 4.04. The number of allylic oxidation sites excluding steroid dienone is 2. The highest BCUT2D eigenvalue weighted by Gasteiger charge is 2.20. The predicted octanol–water partition coefficient (Wildman–Crippen LogP) is 4.29. The number of aromatic nitrogens is 3. The van der Waals surface area contributed by atoms with Crippen molar-refractivity contribution in [1.29, 1.82) is 0 Å². The Labute approximate surface area is 168 Å². The molecule has 3 heterocycles. The quantitative estimate of drug-likeness (QED) is 0.440. The normalized spacial score (nSPS) is 14.2. The highest BCUT2D eigenvalue weighted by atomic mass is 16.4. The molecule has 0 unspecified atom stereocenters. The maximum Gasteiger partial charge on any atom is 0.437 e. The van der Waals surface area contributed by atoms with E-state index in [0.717, 1.165) is 29.0 Å². The number of carbonyl (C=O) groups excluding carboxylic acids is 1. The molecule has 0 saturated carbocycles. The molecule has 0 fully saturated rings. The van der Waals surface area contributed by atoms with Gasteiger partial charge in [-0.05, 0) is 64.2 Å². The van der Waals surface area contributed by atoms with Crippen molar-refractivity contribution >= 4 is 5.78 Å². The maximum atomic E-state index is 12.9. The highest BCUT2D eigenvalue weighted by Crippen LogP contribution is 2.23. The average Bonchev–Trinajstić information content (AvgIpc) is 3.42. The zero-order valence-electron chi connectivity index (χ0n) is 16.8. The number of furan rings is 1. The lowest BCUT2D eigenvalue weighted by molar-refractivity contribution is 0.0964. The molecule has 0 bridgehead atoms. The number of hydrogen-bond donors (Lipinski definition) is 0. The lowest BCUT2D eigenvalue weighted by Crippen LogP contribution is -2.22. The van der Waals surface area contributed by atoms with Crippen LogP contribution >= 0.6 is 0 Å².